The lowest BCUT2D eigenvalue weighted by atomic mass is 10.1. The second-order valence-corrected chi connectivity index (χ2v) is 5.88. The molecule has 0 atom stereocenters. The molecule has 1 aliphatic heterocycles. The molecule has 102 valence electrons. The number of hydrogen-bond donors (Lipinski definition) is 0. The van der Waals surface area contributed by atoms with E-state index < -0.39 is 0 Å². The highest BCUT2D eigenvalue weighted by Crippen LogP contribution is 2.31. The average Bonchev–Trinajstić information content (AvgIpc) is 2.74. The summed E-state index contributed by atoms with van der Waals surface area (Å²) in [6.45, 7) is 10.9. The summed E-state index contributed by atoms with van der Waals surface area (Å²) in [5, 5.41) is 0. The smallest absolute Gasteiger partial charge is 0.153 e. The van der Waals surface area contributed by atoms with Crippen molar-refractivity contribution >= 4 is 12.0 Å². The lowest BCUT2D eigenvalue weighted by Crippen LogP contribution is -2.24. The molecule has 0 amide bonds. The molecule has 0 aliphatic carbocycles. The SMILES string of the molecule is C=C1CCCN1c1ccc(OC(C)(C)C)c(C=O)c1. The van der Waals surface area contributed by atoms with Gasteiger partial charge in [0.2, 0.25) is 0 Å². The number of rotatable bonds is 3. The third-order valence-corrected chi connectivity index (χ3v) is 3.08. The lowest BCUT2D eigenvalue weighted by Gasteiger charge is -2.24. The summed E-state index contributed by atoms with van der Waals surface area (Å²) in [5.74, 6) is 0.635. The van der Waals surface area contributed by atoms with Crippen LogP contribution in [0.3, 0.4) is 0 Å². The van der Waals surface area contributed by atoms with Gasteiger partial charge >= 0.3 is 0 Å². The summed E-state index contributed by atoms with van der Waals surface area (Å²) in [4.78, 5) is 13.4. The Morgan fingerprint density at radius 1 is 1.37 bits per heavy atom. The Kier molecular flexibility index (Phi) is 3.65. The summed E-state index contributed by atoms with van der Waals surface area (Å²) in [6, 6.07) is 5.74. The van der Waals surface area contributed by atoms with Gasteiger partial charge in [0, 0.05) is 17.9 Å². The van der Waals surface area contributed by atoms with Gasteiger partial charge < -0.3 is 9.64 Å². The molecule has 1 aromatic carbocycles. The van der Waals surface area contributed by atoms with Gasteiger partial charge in [0.25, 0.3) is 0 Å². The molecule has 3 heteroatoms. The van der Waals surface area contributed by atoms with Gasteiger partial charge in [0.1, 0.15) is 11.4 Å². The molecule has 1 heterocycles. The largest absolute Gasteiger partial charge is 0.487 e. The fourth-order valence-electron chi connectivity index (χ4n) is 2.26. The number of allylic oxidation sites excluding steroid dienone is 1. The van der Waals surface area contributed by atoms with Crippen molar-refractivity contribution in [3.8, 4) is 5.75 Å². The quantitative estimate of drug-likeness (QED) is 0.773. The van der Waals surface area contributed by atoms with Gasteiger partial charge in [-0.25, -0.2) is 0 Å². The molecule has 1 saturated heterocycles. The van der Waals surface area contributed by atoms with E-state index in [0.29, 0.717) is 11.3 Å². The first-order valence-electron chi connectivity index (χ1n) is 6.64. The molecule has 1 aliphatic rings. The minimum absolute atomic E-state index is 0.309. The Hall–Kier alpha value is -1.77. The van der Waals surface area contributed by atoms with Crippen molar-refractivity contribution in [1.82, 2.24) is 0 Å². The van der Waals surface area contributed by atoms with Crippen LogP contribution in [0.4, 0.5) is 5.69 Å². The van der Waals surface area contributed by atoms with Gasteiger partial charge in [-0.2, -0.15) is 0 Å². The normalized spacial score (nSPS) is 15.7. The lowest BCUT2D eigenvalue weighted by molar-refractivity contribution is 0.109. The van der Waals surface area contributed by atoms with E-state index in [1.807, 2.05) is 39.0 Å². The first kappa shape index (κ1) is 13.7. The van der Waals surface area contributed by atoms with Crippen LogP contribution in [0.25, 0.3) is 0 Å². The van der Waals surface area contributed by atoms with E-state index in [0.717, 1.165) is 37.1 Å². The van der Waals surface area contributed by atoms with E-state index in [1.54, 1.807) is 0 Å². The van der Waals surface area contributed by atoms with Gasteiger partial charge in [-0.1, -0.05) is 6.58 Å². The summed E-state index contributed by atoms with van der Waals surface area (Å²) < 4.78 is 5.80. The molecule has 2 rings (SSSR count). The van der Waals surface area contributed by atoms with Crippen LogP contribution >= 0.6 is 0 Å². The summed E-state index contributed by atoms with van der Waals surface area (Å²) in [6.07, 6.45) is 3.00. The molecule has 0 aromatic heterocycles. The first-order valence-corrected chi connectivity index (χ1v) is 6.64. The number of ether oxygens (including phenoxy) is 1. The highest BCUT2D eigenvalue weighted by Gasteiger charge is 2.19. The predicted molar refractivity (Wildman–Crippen MR) is 77.9 cm³/mol. The molecule has 0 N–H and O–H groups in total. The van der Waals surface area contributed by atoms with Crippen LogP contribution in [0.1, 0.15) is 44.0 Å². The van der Waals surface area contributed by atoms with Gasteiger partial charge in [-0.3, -0.25) is 4.79 Å². The number of benzene rings is 1. The third kappa shape index (κ3) is 3.16. The van der Waals surface area contributed by atoms with Crippen LogP contribution in [0.2, 0.25) is 0 Å². The summed E-state index contributed by atoms with van der Waals surface area (Å²) in [5.41, 5.74) is 2.41. The Morgan fingerprint density at radius 3 is 2.63 bits per heavy atom. The summed E-state index contributed by atoms with van der Waals surface area (Å²) >= 11 is 0. The minimum atomic E-state index is -0.309. The molecule has 19 heavy (non-hydrogen) atoms. The molecule has 3 nitrogen and oxygen atoms in total. The zero-order chi connectivity index (χ0) is 14.0. The van der Waals surface area contributed by atoms with Crippen molar-refractivity contribution in [3.63, 3.8) is 0 Å². The van der Waals surface area contributed by atoms with Crippen LogP contribution in [0, 0.1) is 0 Å². The predicted octanol–water partition coefficient (Wildman–Crippen LogP) is 3.79. The summed E-state index contributed by atoms with van der Waals surface area (Å²) in [7, 11) is 0. The Bertz CT molecular complexity index is 500. The van der Waals surface area contributed by atoms with Crippen molar-refractivity contribution in [2.24, 2.45) is 0 Å². The second-order valence-electron chi connectivity index (χ2n) is 5.88. The van der Waals surface area contributed by atoms with Crippen LogP contribution in [0.15, 0.2) is 30.5 Å². The van der Waals surface area contributed by atoms with Crippen molar-refractivity contribution in [2.75, 3.05) is 11.4 Å². The van der Waals surface area contributed by atoms with Crippen LogP contribution in [-0.2, 0) is 0 Å². The molecule has 0 bridgehead atoms. The molecular weight excluding hydrogens is 238 g/mol. The number of carbonyl (C=O) groups excluding carboxylic acids is 1. The number of anilines is 1. The van der Waals surface area contributed by atoms with Gasteiger partial charge in [0.05, 0.1) is 5.56 Å². The topological polar surface area (TPSA) is 29.5 Å². The van der Waals surface area contributed by atoms with Crippen LogP contribution in [-0.4, -0.2) is 18.4 Å². The van der Waals surface area contributed by atoms with Crippen molar-refractivity contribution < 1.29 is 9.53 Å². The van der Waals surface area contributed by atoms with Gasteiger partial charge in [-0.05, 0) is 51.8 Å². The standard InChI is InChI=1S/C16H21NO2/c1-12-6-5-9-17(12)14-7-8-15(13(10-14)11-18)19-16(2,3)4/h7-8,10-11H,1,5-6,9H2,2-4H3. The minimum Gasteiger partial charge on any atom is -0.487 e. The van der Waals surface area contributed by atoms with Crippen molar-refractivity contribution in [1.29, 1.82) is 0 Å². The molecule has 1 aromatic rings. The maximum atomic E-state index is 11.2. The zero-order valence-corrected chi connectivity index (χ0v) is 11.9. The third-order valence-electron chi connectivity index (χ3n) is 3.08. The van der Waals surface area contributed by atoms with E-state index in [-0.39, 0.29) is 5.60 Å². The maximum absolute atomic E-state index is 11.2. The molecule has 0 unspecified atom stereocenters. The Morgan fingerprint density at radius 2 is 2.11 bits per heavy atom. The van der Waals surface area contributed by atoms with Crippen LogP contribution in [0.5, 0.6) is 5.75 Å². The number of carbonyl (C=O) groups is 1. The van der Waals surface area contributed by atoms with Gasteiger partial charge in [0.15, 0.2) is 6.29 Å². The van der Waals surface area contributed by atoms with Crippen LogP contribution < -0.4 is 9.64 Å². The fraction of sp³-hybridized carbons (Fsp3) is 0.438. The monoisotopic (exact) mass is 259 g/mol. The van der Waals surface area contributed by atoms with E-state index in [2.05, 4.69) is 11.5 Å². The molecule has 0 saturated carbocycles. The number of aldehydes is 1. The highest BCUT2D eigenvalue weighted by atomic mass is 16.5. The molecule has 0 radical (unpaired) electrons. The number of nitrogens with zero attached hydrogens (tertiary/aromatic N) is 1. The first-order chi connectivity index (χ1) is 8.90. The number of hydrogen-bond acceptors (Lipinski definition) is 3. The van der Waals surface area contributed by atoms with E-state index >= 15 is 0 Å². The van der Waals surface area contributed by atoms with Crippen molar-refractivity contribution in [2.45, 2.75) is 39.2 Å². The Balaban J connectivity index is 2.30. The zero-order valence-electron chi connectivity index (χ0n) is 11.9. The molecular formula is C16H21NO2. The molecule has 1 fully saturated rings. The fourth-order valence-corrected chi connectivity index (χ4v) is 2.26. The maximum Gasteiger partial charge on any atom is 0.153 e. The second kappa shape index (κ2) is 5.08. The Labute approximate surface area is 114 Å². The highest BCUT2D eigenvalue weighted by molar-refractivity contribution is 5.82. The average molecular weight is 259 g/mol. The van der Waals surface area contributed by atoms with Crippen molar-refractivity contribution in [3.05, 3.63) is 36.0 Å². The van der Waals surface area contributed by atoms with E-state index in [9.17, 15) is 4.79 Å². The van der Waals surface area contributed by atoms with E-state index in [4.69, 9.17) is 4.74 Å². The van der Waals surface area contributed by atoms with Gasteiger partial charge in [-0.15, -0.1) is 0 Å². The molecule has 0 spiro atoms. The van der Waals surface area contributed by atoms with E-state index in [1.165, 1.54) is 0 Å².